The average Bonchev–Trinajstić information content (AvgIpc) is 3.28. The lowest BCUT2D eigenvalue weighted by atomic mass is 9.88. The van der Waals surface area contributed by atoms with Gasteiger partial charge in [0.25, 0.3) is 0 Å². The number of aliphatic carboxylic acids is 1. The van der Waals surface area contributed by atoms with E-state index in [0.717, 1.165) is 36.8 Å². The molecule has 2 aliphatic heterocycles. The maximum absolute atomic E-state index is 13.0. The third-order valence-corrected chi connectivity index (χ3v) is 9.79. The van der Waals surface area contributed by atoms with Gasteiger partial charge in [-0.3, -0.25) is 14.4 Å². The van der Waals surface area contributed by atoms with Gasteiger partial charge in [-0.15, -0.1) is 16.9 Å². The molecular weight excluding hydrogens is 546 g/mol. The second-order valence-corrected chi connectivity index (χ2v) is 13.2. The van der Waals surface area contributed by atoms with Gasteiger partial charge in [0.05, 0.1) is 0 Å². The number of carboxylic acid groups (broad SMARTS) is 1. The highest BCUT2D eigenvalue weighted by atomic mass is 32.2. The van der Waals surface area contributed by atoms with E-state index >= 15 is 0 Å². The first kappa shape index (κ1) is 29.2. The van der Waals surface area contributed by atoms with E-state index in [0.29, 0.717) is 17.5 Å². The van der Waals surface area contributed by atoms with Crippen LogP contribution in [0.25, 0.3) is 0 Å². The fourth-order valence-corrected chi connectivity index (χ4v) is 7.53. The van der Waals surface area contributed by atoms with Gasteiger partial charge in [-0.1, -0.05) is 22.9 Å². The van der Waals surface area contributed by atoms with Crippen LogP contribution >= 0.6 is 23.5 Å². The van der Waals surface area contributed by atoms with Crippen molar-refractivity contribution in [3.63, 3.8) is 0 Å². The monoisotopic (exact) mass is 581 g/mol. The predicted octanol–water partition coefficient (Wildman–Crippen LogP) is 1.56. The molecule has 3 heterocycles. The second kappa shape index (κ2) is 11.7. The van der Waals surface area contributed by atoms with Crippen molar-refractivity contribution in [1.29, 1.82) is 0 Å². The lowest BCUT2D eigenvalue weighted by molar-refractivity contribution is -0.157. The van der Waals surface area contributed by atoms with Crippen molar-refractivity contribution in [3.8, 4) is 0 Å². The molecule has 15 heteroatoms. The number of carboxylic acids is 1. The SMILES string of the molecule is Cn1nnnc1SCC1(C(=O)O)CS[C@@H]2C(NC(=O)CC3=C(CNC(=O)OC(C)(C)C)CCCC3)C(=O)N2C1. The Bertz CT molecular complexity index is 1170. The van der Waals surface area contributed by atoms with E-state index in [1.807, 2.05) is 0 Å². The van der Waals surface area contributed by atoms with Crippen LogP contribution in [0, 0.1) is 5.41 Å². The number of aryl methyl sites for hydroxylation is 1. The predicted molar refractivity (Wildman–Crippen MR) is 144 cm³/mol. The Morgan fingerprint density at radius 3 is 2.59 bits per heavy atom. The zero-order valence-corrected chi connectivity index (χ0v) is 24.2. The molecule has 13 nitrogen and oxygen atoms in total. The number of hydrogen-bond donors (Lipinski definition) is 3. The third kappa shape index (κ3) is 6.86. The van der Waals surface area contributed by atoms with Gasteiger partial charge in [0.15, 0.2) is 0 Å². The van der Waals surface area contributed by atoms with Crippen molar-refractivity contribution in [2.24, 2.45) is 12.5 Å². The summed E-state index contributed by atoms with van der Waals surface area (Å²) in [4.78, 5) is 51.8. The summed E-state index contributed by atoms with van der Waals surface area (Å²) in [7, 11) is 1.68. The zero-order valence-electron chi connectivity index (χ0n) is 22.6. The number of nitrogens with zero attached hydrogens (tertiary/aromatic N) is 5. The molecule has 0 bridgehead atoms. The van der Waals surface area contributed by atoms with E-state index in [2.05, 4.69) is 26.2 Å². The van der Waals surface area contributed by atoms with Crippen LogP contribution in [0.3, 0.4) is 0 Å². The number of carbonyl (C=O) groups excluding carboxylic acids is 3. The largest absolute Gasteiger partial charge is 0.481 e. The number of nitrogens with one attached hydrogen (secondary N) is 2. The van der Waals surface area contributed by atoms with E-state index < -0.39 is 29.1 Å². The Balaban J connectivity index is 1.32. The number of carbonyl (C=O) groups is 4. The van der Waals surface area contributed by atoms with Crippen molar-refractivity contribution in [3.05, 3.63) is 11.1 Å². The Labute approximate surface area is 235 Å². The van der Waals surface area contributed by atoms with Crippen molar-refractivity contribution < 1.29 is 29.0 Å². The molecule has 39 heavy (non-hydrogen) atoms. The Hall–Kier alpha value is -2.81. The smallest absolute Gasteiger partial charge is 0.407 e. The van der Waals surface area contributed by atoms with Gasteiger partial charge in [-0.2, -0.15) is 0 Å². The van der Waals surface area contributed by atoms with Crippen molar-refractivity contribution in [2.75, 3.05) is 24.6 Å². The topological polar surface area (TPSA) is 169 Å². The Kier molecular flexibility index (Phi) is 8.78. The molecule has 3 N–H and O–H groups in total. The number of rotatable bonds is 9. The number of tetrazole rings is 1. The summed E-state index contributed by atoms with van der Waals surface area (Å²) in [5, 5.41) is 27.1. The molecule has 2 fully saturated rings. The molecule has 3 amide bonds. The van der Waals surface area contributed by atoms with Gasteiger partial charge in [0.2, 0.25) is 17.0 Å². The molecule has 0 saturated carbocycles. The molecule has 214 valence electrons. The van der Waals surface area contributed by atoms with Gasteiger partial charge >= 0.3 is 12.1 Å². The summed E-state index contributed by atoms with van der Waals surface area (Å²) in [6.45, 7) is 5.79. The van der Waals surface area contributed by atoms with E-state index in [1.54, 1.807) is 32.7 Å². The van der Waals surface area contributed by atoms with Gasteiger partial charge in [0.1, 0.15) is 22.4 Å². The lowest BCUT2D eigenvalue weighted by Crippen LogP contribution is -2.74. The van der Waals surface area contributed by atoms with Gasteiger partial charge < -0.3 is 25.4 Å². The highest BCUT2D eigenvalue weighted by molar-refractivity contribution is 8.00. The normalized spacial score (nSPS) is 25.0. The van der Waals surface area contributed by atoms with E-state index in [1.165, 1.54) is 28.2 Å². The molecule has 4 rings (SSSR count). The first-order chi connectivity index (χ1) is 18.4. The minimum atomic E-state index is -1.15. The van der Waals surface area contributed by atoms with Gasteiger partial charge in [-0.05, 0) is 56.9 Å². The molecule has 3 aliphatic rings. The number of thioether (sulfide) groups is 2. The van der Waals surface area contributed by atoms with Crippen LogP contribution in [0.1, 0.15) is 52.9 Å². The first-order valence-corrected chi connectivity index (χ1v) is 14.9. The summed E-state index contributed by atoms with van der Waals surface area (Å²) < 4.78 is 6.78. The molecule has 0 spiro atoms. The highest BCUT2D eigenvalue weighted by Crippen LogP contribution is 2.44. The number of β-lactam (4-membered cyclic amide) rings is 1. The van der Waals surface area contributed by atoms with Crippen LogP contribution in [-0.2, 0) is 26.2 Å². The Morgan fingerprint density at radius 1 is 1.23 bits per heavy atom. The highest BCUT2D eigenvalue weighted by Gasteiger charge is 2.57. The third-order valence-electron chi connectivity index (χ3n) is 6.90. The van der Waals surface area contributed by atoms with Gasteiger partial charge in [0, 0.05) is 38.1 Å². The number of hydrogen-bond acceptors (Lipinski definition) is 10. The average molecular weight is 582 g/mol. The molecule has 1 aliphatic carbocycles. The quantitative estimate of drug-likeness (QED) is 0.220. The van der Waals surface area contributed by atoms with E-state index in [9.17, 15) is 24.3 Å². The minimum Gasteiger partial charge on any atom is -0.481 e. The standard InChI is InChI=1S/C24H35N7O6S2/c1-23(2,3)37-22(36)25-10-15-8-6-5-7-14(15)9-16(32)26-17-18(33)31-11-24(20(34)35,12-38-19(17)31)13-39-21-27-28-29-30(21)4/h17,19H,5-13H2,1-4H3,(H,25,36)(H,26,32)(H,34,35)/t17?,19-,24?/m1/s1. The molecule has 0 aromatic carbocycles. The van der Waals surface area contributed by atoms with Crippen molar-refractivity contribution >= 4 is 47.4 Å². The molecular formula is C24H35N7O6S2. The van der Waals surface area contributed by atoms with E-state index in [4.69, 9.17) is 4.74 Å². The molecule has 3 atom stereocenters. The van der Waals surface area contributed by atoms with E-state index in [-0.39, 0.29) is 35.9 Å². The second-order valence-electron chi connectivity index (χ2n) is 11.1. The molecule has 1 aromatic rings. The summed E-state index contributed by atoms with van der Waals surface area (Å²) in [5.74, 6) is -0.993. The fraction of sp³-hybridized carbons (Fsp3) is 0.708. The minimum absolute atomic E-state index is 0.0646. The maximum Gasteiger partial charge on any atom is 0.407 e. The van der Waals surface area contributed by atoms with Crippen LogP contribution < -0.4 is 10.6 Å². The number of fused-ring (bicyclic) bond motifs is 1. The van der Waals surface area contributed by atoms with Crippen molar-refractivity contribution in [2.45, 2.75) is 75.0 Å². The summed E-state index contributed by atoms with van der Waals surface area (Å²) in [6, 6.07) is -0.683. The first-order valence-electron chi connectivity index (χ1n) is 12.9. The molecule has 0 radical (unpaired) electrons. The van der Waals surface area contributed by atoms with Crippen LogP contribution in [0.15, 0.2) is 16.3 Å². The van der Waals surface area contributed by atoms with Crippen LogP contribution in [0.5, 0.6) is 0 Å². The van der Waals surface area contributed by atoms with Crippen LogP contribution in [0.4, 0.5) is 4.79 Å². The van der Waals surface area contributed by atoms with Crippen LogP contribution in [0.2, 0.25) is 0 Å². The molecule has 1 aromatic heterocycles. The number of ether oxygens (including phenoxy) is 1. The van der Waals surface area contributed by atoms with Gasteiger partial charge in [-0.25, -0.2) is 9.48 Å². The number of aromatic nitrogens is 4. The molecule has 2 unspecified atom stereocenters. The maximum atomic E-state index is 13.0. The Morgan fingerprint density at radius 2 is 1.95 bits per heavy atom. The summed E-state index contributed by atoms with van der Waals surface area (Å²) in [5.41, 5.74) is 0.267. The summed E-state index contributed by atoms with van der Waals surface area (Å²) in [6.07, 6.45) is 3.18. The fourth-order valence-electron chi connectivity index (χ4n) is 4.82. The summed E-state index contributed by atoms with van der Waals surface area (Å²) >= 11 is 2.61. The lowest BCUT2D eigenvalue weighted by Gasteiger charge is -2.53. The number of amides is 3. The number of alkyl carbamates (subject to hydrolysis) is 1. The molecule has 2 saturated heterocycles. The zero-order chi connectivity index (χ0) is 28.4. The van der Waals surface area contributed by atoms with Crippen molar-refractivity contribution in [1.82, 2.24) is 35.7 Å². The van der Waals surface area contributed by atoms with Crippen LogP contribution in [-0.4, -0.2) is 95.7 Å².